The van der Waals surface area contributed by atoms with E-state index in [1.54, 1.807) is 0 Å². The Bertz CT molecular complexity index is 379. The van der Waals surface area contributed by atoms with E-state index in [-0.39, 0.29) is 6.67 Å². The molecule has 0 amide bonds. The van der Waals surface area contributed by atoms with Gasteiger partial charge in [-0.15, -0.1) is 0 Å². The van der Waals surface area contributed by atoms with Gasteiger partial charge in [0.1, 0.15) is 0 Å². The first-order valence-corrected chi connectivity index (χ1v) is 6.84. The van der Waals surface area contributed by atoms with Crippen molar-refractivity contribution in [2.45, 2.75) is 32.9 Å². The van der Waals surface area contributed by atoms with Gasteiger partial charge in [-0.05, 0) is 24.0 Å². The highest BCUT2D eigenvalue weighted by Crippen LogP contribution is 2.25. The van der Waals surface area contributed by atoms with Crippen molar-refractivity contribution >= 4 is 5.69 Å². The molecule has 0 aliphatic carbocycles. The molecule has 2 nitrogen and oxygen atoms in total. The van der Waals surface area contributed by atoms with Crippen LogP contribution in [0.5, 0.6) is 0 Å². The quantitative estimate of drug-likeness (QED) is 0.883. The smallest absolute Gasteiger partial charge is 0.0911 e. The molecule has 0 saturated carbocycles. The van der Waals surface area contributed by atoms with Crippen LogP contribution in [0.3, 0.4) is 0 Å². The zero-order valence-electron chi connectivity index (χ0n) is 11.3. The summed E-state index contributed by atoms with van der Waals surface area (Å²) in [6, 6.07) is 8.92. The number of nitrogens with one attached hydrogen (secondary N) is 1. The lowest BCUT2D eigenvalue weighted by atomic mass is 10.0. The van der Waals surface area contributed by atoms with Gasteiger partial charge < -0.3 is 10.2 Å². The summed E-state index contributed by atoms with van der Waals surface area (Å²) >= 11 is 0. The maximum absolute atomic E-state index is 12.4. The molecular weight excluding hydrogens is 227 g/mol. The number of hydrogen-bond acceptors (Lipinski definition) is 2. The second-order valence-electron chi connectivity index (χ2n) is 5.35. The van der Waals surface area contributed by atoms with Crippen molar-refractivity contribution in [3.8, 4) is 0 Å². The Kier molecular flexibility index (Phi) is 4.59. The molecule has 0 bridgehead atoms. The molecule has 1 aromatic rings. The van der Waals surface area contributed by atoms with Crippen LogP contribution in [0, 0.1) is 5.92 Å². The van der Waals surface area contributed by atoms with Crippen LogP contribution in [0.1, 0.15) is 25.8 Å². The van der Waals surface area contributed by atoms with Crippen LogP contribution in [-0.4, -0.2) is 25.8 Å². The van der Waals surface area contributed by atoms with E-state index in [1.165, 1.54) is 11.3 Å². The minimum absolute atomic E-state index is 0.238. The van der Waals surface area contributed by atoms with Crippen molar-refractivity contribution in [3.63, 3.8) is 0 Å². The van der Waals surface area contributed by atoms with Crippen LogP contribution in [0.2, 0.25) is 0 Å². The number of alkyl halides is 1. The van der Waals surface area contributed by atoms with Crippen molar-refractivity contribution in [2.24, 2.45) is 5.92 Å². The predicted molar refractivity (Wildman–Crippen MR) is 74.7 cm³/mol. The van der Waals surface area contributed by atoms with E-state index in [9.17, 15) is 4.39 Å². The van der Waals surface area contributed by atoms with E-state index in [1.807, 2.05) is 0 Å². The Morgan fingerprint density at radius 2 is 2.17 bits per heavy atom. The fourth-order valence-electron chi connectivity index (χ4n) is 2.52. The number of halogens is 1. The molecule has 18 heavy (non-hydrogen) atoms. The summed E-state index contributed by atoms with van der Waals surface area (Å²) in [7, 11) is 0. The average Bonchev–Trinajstić information content (AvgIpc) is 2.56. The second-order valence-corrected chi connectivity index (χ2v) is 5.35. The summed E-state index contributed by atoms with van der Waals surface area (Å²) in [4.78, 5) is 2.33. The molecule has 0 fully saturated rings. The molecule has 1 heterocycles. The molecule has 3 heteroatoms. The van der Waals surface area contributed by atoms with Gasteiger partial charge in [0.05, 0.1) is 6.67 Å². The number of fused-ring (bicyclic) bond motifs is 1. The minimum atomic E-state index is -0.238. The maximum atomic E-state index is 12.4. The monoisotopic (exact) mass is 250 g/mol. The minimum Gasteiger partial charge on any atom is -0.370 e. The summed E-state index contributed by atoms with van der Waals surface area (Å²) < 4.78 is 12.4. The summed E-state index contributed by atoms with van der Waals surface area (Å²) in [5, 5.41) is 3.61. The van der Waals surface area contributed by atoms with Crippen molar-refractivity contribution in [1.29, 1.82) is 0 Å². The summed E-state index contributed by atoms with van der Waals surface area (Å²) in [5.41, 5.74) is 2.58. The Labute approximate surface area is 109 Å². The number of benzene rings is 1. The highest BCUT2D eigenvalue weighted by Gasteiger charge is 2.22. The van der Waals surface area contributed by atoms with Crippen molar-refractivity contribution < 1.29 is 4.39 Å². The lowest BCUT2D eigenvalue weighted by molar-refractivity contribution is 0.398. The van der Waals surface area contributed by atoms with Gasteiger partial charge in [-0.25, -0.2) is 0 Å². The molecule has 1 unspecified atom stereocenters. The second kappa shape index (κ2) is 6.19. The normalized spacial score (nSPS) is 19.8. The van der Waals surface area contributed by atoms with Crippen LogP contribution in [0.4, 0.5) is 10.1 Å². The Morgan fingerprint density at radius 3 is 2.89 bits per heavy atom. The first kappa shape index (κ1) is 13.3. The lowest BCUT2D eigenvalue weighted by Gasteiger charge is -2.29. The number of hydrogen-bond donors (Lipinski definition) is 1. The standard InChI is InChI=1S/C15H23FN2/c1-12(2)14-11-18(9-5-8-16)15-7-4-3-6-13(15)10-17-14/h3-4,6-7,12,14,17H,5,8-11H2,1-2H3. The molecule has 0 spiro atoms. The van der Waals surface area contributed by atoms with Gasteiger partial charge in [-0.2, -0.15) is 0 Å². The van der Waals surface area contributed by atoms with Gasteiger partial charge in [-0.1, -0.05) is 32.0 Å². The van der Waals surface area contributed by atoms with Crippen molar-refractivity contribution in [1.82, 2.24) is 5.32 Å². The van der Waals surface area contributed by atoms with Gasteiger partial charge in [0.25, 0.3) is 0 Å². The van der Waals surface area contributed by atoms with Gasteiger partial charge in [-0.3, -0.25) is 4.39 Å². The van der Waals surface area contributed by atoms with E-state index in [2.05, 4.69) is 48.3 Å². The largest absolute Gasteiger partial charge is 0.370 e. The van der Waals surface area contributed by atoms with E-state index >= 15 is 0 Å². The van der Waals surface area contributed by atoms with Crippen LogP contribution in [-0.2, 0) is 6.54 Å². The maximum Gasteiger partial charge on any atom is 0.0911 e. The van der Waals surface area contributed by atoms with E-state index < -0.39 is 0 Å². The fraction of sp³-hybridized carbons (Fsp3) is 0.600. The fourth-order valence-corrected chi connectivity index (χ4v) is 2.52. The third kappa shape index (κ3) is 3.02. The first-order chi connectivity index (χ1) is 8.72. The topological polar surface area (TPSA) is 15.3 Å². The Balaban J connectivity index is 2.21. The molecule has 1 aliphatic heterocycles. The lowest BCUT2D eigenvalue weighted by Crippen LogP contribution is -2.42. The van der Waals surface area contributed by atoms with Gasteiger partial charge in [0, 0.05) is 31.4 Å². The van der Waals surface area contributed by atoms with E-state index in [0.717, 1.165) is 19.6 Å². The molecule has 0 saturated heterocycles. The molecule has 1 aromatic carbocycles. The number of nitrogens with zero attached hydrogens (tertiary/aromatic N) is 1. The first-order valence-electron chi connectivity index (χ1n) is 6.84. The summed E-state index contributed by atoms with van der Waals surface area (Å²) in [6.07, 6.45) is 0.610. The predicted octanol–water partition coefficient (Wildman–Crippen LogP) is 2.98. The molecular formula is C15H23FN2. The van der Waals surface area contributed by atoms with Crippen LogP contribution >= 0.6 is 0 Å². The van der Waals surface area contributed by atoms with Gasteiger partial charge >= 0.3 is 0 Å². The SMILES string of the molecule is CC(C)C1CN(CCCF)c2ccccc2CN1. The molecule has 2 rings (SSSR count). The molecule has 0 aromatic heterocycles. The highest BCUT2D eigenvalue weighted by atomic mass is 19.1. The molecule has 1 aliphatic rings. The summed E-state index contributed by atoms with van der Waals surface area (Å²) in [5.74, 6) is 0.590. The number of anilines is 1. The van der Waals surface area contributed by atoms with Crippen LogP contribution in [0.25, 0.3) is 0 Å². The molecule has 1 N–H and O–H groups in total. The van der Waals surface area contributed by atoms with Gasteiger partial charge in [0.15, 0.2) is 0 Å². The Morgan fingerprint density at radius 1 is 1.39 bits per heavy atom. The molecule has 1 atom stereocenters. The summed E-state index contributed by atoms with van der Waals surface area (Å²) in [6.45, 7) is 6.92. The number of para-hydroxylation sites is 1. The van der Waals surface area contributed by atoms with Crippen molar-refractivity contribution in [2.75, 3.05) is 24.7 Å². The third-order valence-corrected chi connectivity index (χ3v) is 3.67. The zero-order valence-corrected chi connectivity index (χ0v) is 11.3. The van der Waals surface area contributed by atoms with E-state index in [4.69, 9.17) is 0 Å². The zero-order chi connectivity index (χ0) is 13.0. The van der Waals surface area contributed by atoms with Crippen molar-refractivity contribution in [3.05, 3.63) is 29.8 Å². The molecule has 100 valence electrons. The Hall–Kier alpha value is -1.09. The molecule has 0 radical (unpaired) electrons. The third-order valence-electron chi connectivity index (χ3n) is 3.67. The number of rotatable bonds is 4. The highest BCUT2D eigenvalue weighted by molar-refractivity contribution is 5.54. The van der Waals surface area contributed by atoms with Gasteiger partial charge in [0.2, 0.25) is 0 Å². The van der Waals surface area contributed by atoms with Crippen LogP contribution in [0.15, 0.2) is 24.3 Å². The average molecular weight is 250 g/mol. The van der Waals surface area contributed by atoms with Crippen LogP contribution < -0.4 is 10.2 Å². The van der Waals surface area contributed by atoms with E-state index in [0.29, 0.717) is 18.4 Å².